The van der Waals surface area contributed by atoms with E-state index in [-0.39, 0.29) is 17.5 Å². The lowest BCUT2D eigenvalue weighted by molar-refractivity contribution is 0.0946. The van der Waals surface area contributed by atoms with Gasteiger partial charge in [0.15, 0.2) is 0 Å². The van der Waals surface area contributed by atoms with Gasteiger partial charge in [0.25, 0.3) is 5.91 Å². The van der Waals surface area contributed by atoms with E-state index in [1.807, 2.05) is 0 Å². The molecule has 3 N–H and O–H groups in total. The lowest BCUT2D eigenvalue weighted by atomic mass is 10.1. The first-order valence-corrected chi connectivity index (χ1v) is 11.0. The maximum absolute atomic E-state index is 14.3. The molecular weight excluding hydrogens is 409 g/mol. The maximum atomic E-state index is 14.3. The van der Waals surface area contributed by atoms with Crippen LogP contribution in [0.1, 0.15) is 48.0 Å². The Morgan fingerprint density at radius 3 is 2.59 bits per heavy atom. The van der Waals surface area contributed by atoms with Crippen molar-refractivity contribution in [1.82, 2.24) is 19.9 Å². The van der Waals surface area contributed by atoms with Gasteiger partial charge in [0.1, 0.15) is 5.82 Å². The van der Waals surface area contributed by atoms with Crippen molar-refractivity contribution in [3.05, 3.63) is 60.1 Å². The van der Waals surface area contributed by atoms with Gasteiger partial charge in [-0.05, 0) is 62.8 Å². The fraction of sp³-hybridized carbons (Fsp3) is 0.375. The molecule has 0 unspecified atom stereocenters. The van der Waals surface area contributed by atoms with E-state index in [9.17, 15) is 9.18 Å². The average molecular weight is 438 g/mol. The number of ether oxygens (including phenoxy) is 1. The molecule has 1 saturated carbocycles. The van der Waals surface area contributed by atoms with Gasteiger partial charge in [0.05, 0.1) is 29.0 Å². The van der Waals surface area contributed by atoms with Crippen LogP contribution < -0.4 is 11.1 Å². The van der Waals surface area contributed by atoms with Crippen LogP contribution in [0.25, 0.3) is 16.9 Å². The molecular formula is C24H28FN5O2. The molecule has 3 heterocycles. The number of aryl methyl sites for hydroxylation is 1. The fourth-order valence-electron chi connectivity index (χ4n) is 3.49. The van der Waals surface area contributed by atoms with Gasteiger partial charge in [0.2, 0.25) is 0 Å². The number of carbonyl (C=O) groups excluding carboxylic acids is 1. The van der Waals surface area contributed by atoms with Crippen LogP contribution in [0.3, 0.4) is 0 Å². The smallest absolute Gasteiger partial charge is 0.254 e. The largest absolute Gasteiger partial charge is 0.397 e. The predicted octanol–water partition coefficient (Wildman–Crippen LogP) is 4.04. The molecule has 2 aromatic heterocycles. The number of hydrogen-bond acceptors (Lipinski definition) is 5. The number of nitrogens with zero attached hydrogens (tertiary/aromatic N) is 3. The molecule has 0 atom stereocenters. The summed E-state index contributed by atoms with van der Waals surface area (Å²) in [5.74, 6) is -0.906. The van der Waals surface area contributed by atoms with Crippen molar-refractivity contribution in [2.75, 3.05) is 18.9 Å². The van der Waals surface area contributed by atoms with Gasteiger partial charge in [-0.25, -0.2) is 9.37 Å². The molecule has 168 valence electrons. The van der Waals surface area contributed by atoms with Crippen molar-refractivity contribution in [2.24, 2.45) is 0 Å². The average Bonchev–Trinajstić information content (AvgIpc) is 3.47. The minimum atomic E-state index is -0.523. The van der Waals surface area contributed by atoms with Crippen LogP contribution in [0.2, 0.25) is 0 Å². The molecule has 1 amide bonds. The second-order valence-corrected chi connectivity index (χ2v) is 8.21. The quantitative estimate of drug-likeness (QED) is 0.642. The topological polar surface area (TPSA) is 95.1 Å². The predicted molar refractivity (Wildman–Crippen MR) is 121 cm³/mol. The summed E-state index contributed by atoms with van der Waals surface area (Å²) in [5, 5.41) is 2.82. The third-order valence-corrected chi connectivity index (χ3v) is 5.44. The van der Waals surface area contributed by atoms with Crippen LogP contribution in [-0.2, 0) is 4.74 Å². The number of amides is 1. The first-order chi connectivity index (χ1) is 15.5. The van der Waals surface area contributed by atoms with E-state index in [0.29, 0.717) is 22.6 Å². The van der Waals surface area contributed by atoms with E-state index in [1.54, 1.807) is 48.5 Å². The first kappa shape index (κ1) is 22.0. The van der Waals surface area contributed by atoms with E-state index in [1.165, 1.54) is 25.3 Å². The number of aromatic nitrogens is 3. The summed E-state index contributed by atoms with van der Waals surface area (Å²) in [4.78, 5) is 20.7. The summed E-state index contributed by atoms with van der Waals surface area (Å²) in [5.41, 5.74) is 9.24. The normalized spacial score (nSPS) is 15.6. The Hall–Kier alpha value is -3.26. The summed E-state index contributed by atoms with van der Waals surface area (Å²) in [7, 11) is 0. The zero-order valence-electron chi connectivity index (χ0n) is 18.2. The maximum Gasteiger partial charge on any atom is 0.254 e. The van der Waals surface area contributed by atoms with Crippen LogP contribution in [0.5, 0.6) is 0 Å². The number of anilines is 1. The monoisotopic (exact) mass is 437 g/mol. The Labute approximate surface area is 186 Å². The van der Waals surface area contributed by atoms with E-state index in [2.05, 4.69) is 15.3 Å². The lowest BCUT2D eigenvalue weighted by Crippen LogP contribution is -2.26. The number of halogens is 1. The fourth-order valence-corrected chi connectivity index (χ4v) is 3.49. The Morgan fingerprint density at radius 1 is 1.19 bits per heavy atom. The van der Waals surface area contributed by atoms with Crippen LogP contribution >= 0.6 is 0 Å². The van der Waals surface area contributed by atoms with Gasteiger partial charge >= 0.3 is 0 Å². The number of imidazole rings is 1. The van der Waals surface area contributed by atoms with Gasteiger partial charge in [0, 0.05) is 43.4 Å². The van der Waals surface area contributed by atoms with Gasteiger partial charge in [-0.15, -0.1) is 0 Å². The molecule has 0 spiro atoms. The van der Waals surface area contributed by atoms with Crippen molar-refractivity contribution >= 4 is 11.6 Å². The number of nitrogens with two attached hydrogens (primary N) is 1. The van der Waals surface area contributed by atoms with Crippen molar-refractivity contribution in [1.29, 1.82) is 0 Å². The third-order valence-electron chi connectivity index (χ3n) is 5.44. The highest BCUT2D eigenvalue weighted by atomic mass is 19.1. The molecule has 2 aliphatic rings. The van der Waals surface area contributed by atoms with E-state index in [4.69, 9.17) is 10.5 Å². The number of hydrogen-bond donors (Lipinski definition) is 2. The lowest BCUT2D eigenvalue weighted by Gasteiger charge is -2.11. The minimum Gasteiger partial charge on any atom is -0.397 e. The highest BCUT2D eigenvalue weighted by Crippen LogP contribution is 2.25. The molecule has 1 saturated heterocycles. The molecule has 8 heteroatoms. The Morgan fingerprint density at radius 2 is 1.97 bits per heavy atom. The molecule has 32 heavy (non-hydrogen) atoms. The van der Waals surface area contributed by atoms with Gasteiger partial charge in [-0.2, -0.15) is 0 Å². The molecule has 0 bridgehead atoms. The number of rotatable bonds is 4. The number of carbonyl (C=O) groups is 1. The van der Waals surface area contributed by atoms with Crippen LogP contribution in [-0.4, -0.2) is 39.7 Å². The molecule has 3 aromatic rings. The zero-order valence-corrected chi connectivity index (χ0v) is 18.2. The Kier molecular flexibility index (Phi) is 6.80. The summed E-state index contributed by atoms with van der Waals surface area (Å²) in [6.07, 6.45) is 12.5. The molecule has 1 aliphatic heterocycles. The number of nitrogen functional groups attached to an aromatic ring is 1. The second kappa shape index (κ2) is 9.91. The van der Waals surface area contributed by atoms with E-state index < -0.39 is 5.82 Å². The molecule has 2 fully saturated rings. The molecule has 1 aliphatic carbocycles. The van der Waals surface area contributed by atoms with Gasteiger partial charge in [-0.3, -0.25) is 9.78 Å². The second-order valence-electron chi connectivity index (χ2n) is 8.21. The van der Waals surface area contributed by atoms with Crippen molar-refractivity contribution in [3.8, 4) is 16.9 Å². The van der Waals surface area contributed by atoms with Gasteiger partial charge in [-0.1, -0.05) is 0 Å². The molecule has 5 rings (SSSR count). The number of pyridine rings is 1. The summed E-state index contributed by atoms with van der Waals surface area (Å²) < 4.78 is 21.1. The Balaban J connectivity index is 0.000000354. The van der Waals surface area contributed by atoms with E-state index >= 15 is 0 Å². The number of benzene rings is 1. The first-order valence-electron chi connectivity index (χ1n) is 11.0. The highest BCUT2D eigenvalue weighted by Gasteiger charge is 2.25. The van der Waals surface area contributed by atoms with Crippen LogP contribution in [0.4, 0.5) is 10.1 Å². The third kappa shape index (κ3) is 5.50. The molecule has 7 nitrogen and oxygen atoms in total. The van der Waals surface area contributed by atoms with Crippen LogP contribution in [0, 0.1) is 12.7 Å². The highest BCUT2D eigenvalue weighted by molar-refractivity contribution is 5.95. The molecule has 0 radical (unpaired) electrons. The minimum absolute atomic E-state index is 0.0402. The van der Waals surface area contributed by atoms with Gasteiger partial charge < -0.3 is 20.4 Å². The summed E-state index contributed by atoms with van der Waals surface area (Å²) in [6.45, 7) is 3.79. The Bertz CT molecular complexity index is 1080. The summed E-state index contributed by atoms with van der Waals surface area (Å²) in [6, 6.07) is 4.89. The SMILES string of the molecule is C1CCOCC1.Cc1cc(F)c(C(=O)NC2CC2)cc1-n1cnc(-c2cncc(N)c2)c1. The van der Waals surface area contributed by atoms with Crippen LogP contribution in [0.15, 0.2) is 43.1 Å². The van der Waals surface area contributed by atoms with E-state index in [0.717, 1.165) is 31.6 Å². The van der Waals surface area contributed by atoms with Crippen molar-refractivity contribution in [2.45, 2.75) is 45.1 Å². The zero-order chi connectivity index (χ0) is 22.5. The number of nitrogens with one attached hydrogen (secondary N) is 1. The molecule has 1 aromatic carbocycles. The van der Waals surface area contributed by atoms with Crippen molar-refractivity contribution in [3.63, 3.8) is 0 Å². The summed E-state index contributed by atoms with van der Waals surface area (Å²) >= 11 is 0. The van der Waals surface area contributed by atoms with Crippen molar-refractivity contribution < 1.29 is 13.9 Å². The standard InChI is InChI=1S/C19H18FN5O.C5H10O/c1-11-4-16(20)15(19(26)24-14-2-3-14)6-18(11)25-9-17(23-10-25)12-5-13(21)8-22-7-12;1-2-4-6-5-3-1/h4-10,14H,2-3,21H2,1H3,(H,24,26);1-5H2.